The molecule has 2 N–H and O–H groups in total. The van der Waals surface area contributed by atoms with Crippen molar-refractivity contribution in [1.82, 2.24) is 15.1 Å². The standard InChI is InChI=1S/C19H24N4O/c24-19(18-16-10-4-5-11-17(16)21-22-18)23-12-6-9-15(13-23)20-14-7-2-1-3-8-14/h1-3,7-8,15,20H,4-6,9-13H2,(H,21,22)/t15-/m1/s1. The van der Waals surface area contributed by atoms with Crippen LogP contribution in [0.5, 0.6) is 0 Å². The minimum atomic E-state index is 0.0916. The smallest absolute Gasteiger partial charge is 0.274 e. The van der Waals surface area contributed by atoms with Gasteiger partial charge in [-0.25, -0.2) is 0 Å². The number of aromatic nitrogens is 2. The molecule has 126 valence electrons. The highest BCUT2D eigenvalue weighted by Crippen LogP contribution is 2.24. The van der Waals surface area contributed by atoms with E-state index in [2.05, 4.69) is 27.6 Å². The maximum absolute atomic E-state index is 12.9. The number of carbonyl (C=O) groups is 1. The number of rotatable bonds is 3. The lowest BCUT2D eigenvalue weighted by Crippen LogP contribution is -2.45. The number of aryl methyl sites for hydroxylation is 1. The first-order chi connectivity index (χ1) is 11.8. The Morgan fingerprint density at radius 2 is 2.00 bits per heavy atom. The second-order valence-corrected chi connectivity index (χ2v) is 6.84. The van der Waals surface area contributed by atoms with E-state index in [9.17, 15) is 4.79 Å². The molecule has 2 aromatic rings. The van der Waals surface area contributed by atoms with Crippen LogP contribution >= 0.6 is 0 Å². The lowest BCUT2D eigenvalue weighted by atomic mass is 9.95. The second-order valence-electron chi connectivity index (χ2n) is 6.84. The minimum absolute atomic E-state index is 0.0916. The second kappa shape index (κ2) is 6.67. The largest absolute Gasteiger partial charge is 0.381 e. The molecule has 1 amide bonds. The van der Waals surface area contributed by atoms with Crippen LogP contribution in [0.2, 0.25) is 0 Å². The molecular formula is C19H24N4O. The van der Waals surface area contributed by atoms with E-state index in [4.69, 9.17) is 0 Å². The number of fused-ring (bicyclic) bond motifs is 1. The van der Waals surface area contributed by atoms with Crippen LogP contribution in [0.1, 0.15) is 47.4 Å². The molecule has 1 atom stereocenters. The summed E-state index contributed by atoms with van der Waals surface area (Å²) in [5.41, 5.74) is 4.10. The molecule has 1 fully saturated rings. The van der Waals surface area contributed by atoms with Gasteiger partial charge in [-0.05, 0) is 50.7 Å². The van der Waals surface area contributed by atoms with Gasteiger partial charge in [-0.2, -0.15) is 5.10 Å². The molecule has 4 rings (SSSR count). The lowest BCUT2D eigenvalue weighted by molar-refractivity contribution is 0.0707. The van der Waals surface area contributed by atoms with E-state index < -0.39 is 0 Å². The molecule has 0 unspecified atom stereocenters. The molecule has 1 aliphatic carbocycles. The first kappa shape index (κ1) is 15.2. The van der Waals surface area contributed by atoms with E-state index >= 15 is 0 Å². The number of likely N-dealkylation sites (tertiary alicyclic amines) is 1. The fraction of sp³-hybridized carbons (Fsp3) is 0.474. The molecule has 2 aliphatic rings. The zero-order valence-corrected chi connectivity index (χ0v) is 13.9. The Kier molecular flexibility index (Phi) is 4.24. The Labute approximate surface area is 142 Å². The normalized spacial score (nSPS) is 20.5. The lowest BCUT2D eigenvalue weighted by Gasteiger charge is -2.33. The van der Waals surface area contributed by atoms with Gasteiger partial charge in [-0.3, -0.25) is 9.89 Å². The summed E-state index contributed by atoms with van der Waals surface area (Å²) >= 11 is 0. The number of nitrogens with one attached hydrogen (secondary N) is 2. The molecule has 0 bridgehead atoms. The SMILES string of the molecule is O=C(c1n[nH]c2c1CCCC2)N1CCC[C@@H](Nc2ccccc2)C1. The molecule has 24 heavy (non-hydrogen) atoms. The number of anilines is 1. The minimum Gasteiger partial charge on any atom is -0.381 e. The average Bonchev–Trinajstić information content (AvgIpc) is 3.06. The topological polar surface area (TPSA) is 61.0 Å². The highest BCUT2D eigenvalue weighted by atomic mass is 16.2. The van der Waals surface area contributed by atoms with Crippen molar-refractivity contribution in [2.75, 3.05) is 18.4 Å². The number of hydrogen-bond acceptors (Lipinski definition) is 3. The van der Waals surface area contributed by atoms with E-state index in [1.54, 1.807) is 0 Å². The van der Waals surface area contributed by atoms with Gasteiger partial charge in [0.25, 0.3) is 5.91 Å². The van der Waals surface area contributed by atoms with Crippen molar-refractivity contribution in [3.8, 4) is 0 Å². The van der Waals surface area contributed by atoms with Gasteiger partial charge < -0.3 is 10.2 Å². The van der Waals surface area contributed by atoms with Gasteiger partial charge in [0.05, 0.1) is 0 Å². The van der Waals surface area contributed by atoms with Crippen molar-refractivity contribution in [3.63, 3.8) is 0 Å². The van der Waals surface area contributed by atoms with Crippen molar-refractivity contribution in [2.45, 2.75) is 44.6 Å². The first-order valence-electron chi connectivity index (χ1n) is 8.98. The van der Waals surface area contributed by atoms with Gasteiger partial charge in [0.2, 0.25) is 0 Å². The van der Waals surface area contributed by atoms with Crippen molar-refractivity contribution >= 4 is 11.6 Å². The van der Waals surface area contributed by atoms with Gasteiger partial charge in [0.1, 0.15) is 0 Å². The van der Waals surface area contributed by atoms with Crippen LogP contribution in [-0.4, -0.2) is 40.1 Å². The number of carbonyl (C=O) groups excluding carboxylic acids is 1. The highest BCUT2D eigenvalue weighted by Gasteiger charge is 2.29. The van der Waals surface area contributed by atoms with E-state index in [0.717, 1.165) is 56.4 Å². The van der Waals surface area contributed by atoms with Crippen molar-refractivity contribution < 1.29 is 4.79 Å². The van der Waals surface area contributed by atoms with Gasteiger partial charge in [0.15, 0.2) is 5.69 Å². The van der Waals surface area contributed by atoms with E-state index in [1.165, 1.54) is 12.1 Å². The number of piperidine rings is 1. The van der Waals surface area contributed by atoms with Crippen LogP contribution in [0, 0.1) is 0 Å². The van der Waals surface area contributed by atoms with Crippen LogP contribution in [0.15, 0.2) is 30.3 Å². The molecule has 5 heteroatoms. The molecule has 5 nitrogen and oxygen atoms in total. The van der Waals surface area contributed by atoms with E-state index in [-0.39, 0.29) is 5.91 Å². The number of amides is 1. The summed E-state index contributed by atoms with van der Waals surface area (Å²) < 4.78 is 0. The summed E-state index contributed by atoms with van der Waals surface area (Å²) in [5, 5.41) is 11.0. The number of benzene rings is 1. The fourth-order valence-electron chi connectivity index (χ4n) is 3.86. The average molecular weight is 324 g/mol. The summed E-state index contributed by atoms with van der Waals surface area (Å²) in [5.74, 6) is 0.0916. The van der Waals surface area contributed by atoms with Crippen LogP contribution in [-0.2, 0) is 12.8 Å². The zero-order chi connectivity index (χ0) is 16.4. The summed E-state index contributed by atoms with van der Waals surface area (Å²) in [6.45, 7) is 1.57. The molecule has 0 spiro atoms. The van der Waals surface area contributed by atoms with Crippen molar-refractivity contribution in [3.05, 3.63) is 47.3 Å². The fourth-order valence-corrected chi connectivity index (χ4v) is 3.86. The number of hydrogen-bond donors (Lipinski definition) is 2. The van der Waals surface area contributed by atoms with Crippen LogP contribution < -0.4 is 5.32 Å². The molecule has 0 saturated carbocycles. The van der Waals surface area contributed by atoms with Gasteiger partial charge in [-0.15, -0.1) is 0 Å². The molecular weight excluding hydrogens is 300 g/mol. The van der Waals surface area contributed by atoms with E-state index in [0.29, 0.717) is 11.7 Å². The number of H-pyrrole nitrogens is 1. The molecule has 1 saturated heterocycles. The Morgan fingerprint density at radius 1 is 1.17 bits per heavy atom. The molecule has 2 heterocycles. The van der Waals surface area contributed by atoms with Crippen LogP contribution in [0.25, 0.3) is 0 Å². The Bertz CT molecular complexity index is 709. The summed E-state index contributed by atoms with van der Waals surface area (Å²) in [6.07, 6.45) is 6.47. The van der Waals surface area contributed by atoms with Crippen LogP contribution in [0.3, 0.4) is 0 Å². The number of para-hydroxylation sites is 1. The quantitative estimate of drug-likeness (QED) is 0.912. The maximum atomic E-state index is 12.9. The monoisotopic (exact) mass is 324 g/mol. The van der Waals surface area contributed by atoms with Gasteiger partial charge >= 0.3 is 0 Å². The molecule has 1 aromatic heterocycles. The molecule has 1 aromatic carbocycles. The third-order valence-electron chi connectivity index (χ3n) is 5.11. The highest BCUT2D eigenvalue weighted by molar-refractivity contribution is 5.94. The van der Waals surface area contributed by atoms with Crippen molar-refractivity contribution in [1.29, 1.82) is 0 Å². The van der Waals surface area contributed by atoms with Crippen LogP contribution in [0.4, 0.5) is 5.69 Å². The molecule has 1 aliphatic heterocycles. The predicted octanol–water partition coefficient (Wildman–Crippen LogP) is 3.01. The Balaban J connectivity index is 1.46. The Morgan fingerprint density at radius 3 is 2.88 bits per heavy atom. The zero-order valence-electron chi connectivity index (χ0n) is 13.9. The maximum Gasteiger partial charge on any atom is 0.274 e. The first-order valence-corrected chi connectivity index (χ1v) is 8.98. The third kappa shape index (κ3) is 3.03. The molecule has 0 radical (unpaired) electrons. The third-order valence-corrected chi connectivity index (χ3v) is 5.11. The summed E-state index contributed by atoms with van der Waals surface area (Å²) in [7, 11) is 0. The summed E-state index contributed by atoms with van der Waals surface area (Å²) in [4.78, 5) is 14.9. The number of aromatic amines is 1. The van der Waals surface area contributed by atoms with E-state index in [1.807, 2.05) is 23.1 Å². The van der Waals surface area contributed by atoms with Gasteiger partial charge in [-0.1, -0.05) is 18.2 Å². The van der Waals surface area contributed by atoms with Crippen molar-refractivity contribution in [2.24, 2.45) is 0 Å². The van der Waals surface area contributed by atoms with Gasteiger partial charge in [0, 0.05) is 36.1 Å². The predicted molar refractivity (Wildman–Crippen MR) is 94.2 cm³/mol. The summed E-state index contributed by atoms with van der Waals surface area (Å²) in [6, 6.07) is 10.5. The number of nitrogens with zero attached hydrogens (tertiary/aromatic N) is 2. The Hall–Kier alpha value is -2.30.